The van der Waals surface area contributed by atoms with Crippen LogP contribution in [0.3, 0.4) is 0 Å². The van der Waals surface area contributed by atoms with Crippen LogP contribution in [0.2, 0.25) is 0 Å². The van der Waals surface area contributed by atoms with E-state index in [2.05, 4.69) is 38.0 Å². The Labute approximate surface area is 114 Å². The molecule has 5 atom stereocenters. The predicted molar refractivity (Wildman–Crippen MR) is 78.8 cm³/mol. The van der Waals surface area contributed by atoms with Gasteiger partial charge in [0.1, 0.15) is 0 Å². The van der Waals surface area contributed by atoms with Gasteiger partial charge in [0, 0.05) is 18.6 Å². The number of hydrogen-bond donors (Lipinski definition) is 1. The fraction of sp³-hybridized carbons (Fsp3) is 1.00. The van der Waals surface area contributed by atoms with Gasteiger partial charge in [-0.25, -0.2) is 0 Å². The molecule has 0 aromatic carbocycles. The number of hydrogen-bond acceptors (Lipinski definition) is 2. The largest absolute Gasteiger partial charge is 0.317 e. The molecule has 2 nitrogen and oxygen atoms in total. The molecule has 1 saturated heterocycles. The Morgan fingerprint density at radius 1 is 1.11 bits per heavy atom. The maximum Gasteiger partial charge on any atom is 0.0110 e. The summed E-state index contributed by atoms with van der Waals surface area (Å²) in [7, 11) is 2.15. The van der Waals surface area contributed by atoms with Gasteiger partial charge in [0.15, 0.2) is 0 Å². The summed E-state index contributed by atoms with van der Waals surface area (Å²) in [5, 5.41) is 3.59. The molecule has 0 aromatic heterocycles. The molecule has 2 rings (SSSR count). The predicted octanol–water partition coefficient (Wildman–Crippen LogP) is 3.13. The molecule has 5 unspecified atom stereocenters. The molecule has 1 heterocycles. The van der Waals surface area contributed by atoms with E-state index in [4.69, 9.17) is 0 Å². The highest BCUT2D eigenvalue weighted by Gasteiger charge is 2.35. The van der Waals surface area contributed by atoms with Crippen molar-refractivity contribution in [1.29, 1.82) is 0 Å². The number of rotatable bonds is 3. The molecule has 2 fully saturated rings. The van der Waals surface area contributed by atoms with E-state index >= 15 is 0 Å². The van der Waals surface area contributed by atoms with Crippen LogP contribution in [0.4, 0.5) is 0 Å². The quantitative estimate of drug-likeness (QED) is 0.830. The Balaban J connectivity index is 1.96. The summed E-state index contributed by atoms with van der Waals surface area (Å²) >= 11 is 0. The summed E-state index contributed by atoms with van der Waals surface area (Å²) in [4.78, 5) is 2.75. The number of nitrogens with zero attached hydrogens (tertiary/aromatic N) is 1. The van der Waals surface area contributed by atoms with Gasteiger partial charge < -0.3 is 10.2 Å². The lowest BCUT2D eigenvalue weighted by atomic mass is 9.72. The number of nitrogens with one attached hydrogen (secondary N) is 1. The van der Waals surface area contributed by atoms with E-state index in [1.807, 2.05) is 0 Å². The molecule has 2 heteroatoms. The first-order valence-corrected chi connectivity index (χ1v) is 8.03. The minimum absolute atomic E-state index is 0.734. The van der Waals surface area contributed by atoms with Crippen molar-refractivity contribution in [3.8, 4) is 0 Å². The summed E-state index contributed by atoms with van der Waals surface area (Å²) in [5.41, 5.74) is 0. The smallest absolute Gasteiger partial charge is 0.0110 e. The molecular weight excluding hydrogens is 220 g/mol. The van der Waals surface area contributed by atoms with E-state index in [1.165, 1.54) is 45.2 Å². The zero-order valence-corrected chi connectivity index (χ0v) is 12.8. The summed E-state index contributed by atoms with van der Waals surface area (Å²) in [6, 6.07) is 1.54. The van der Waals surface area contributed by atoms with Crippen LogP contribution < -0.4 is 5.32 Å². The average molecular weight is 252 g/mol. The molecule has 0 spiro atoms. The van der Waals surface area contributed by atoms with Gasteiger partial charge in [-0.3, -0.25) is 0 Å². The third-order valence-electron chi connectivity index (χ3n) is 5.43. The van der Waals surface area contributed by atoms with Crippen LogP contribution >= 0.6 is 0 Å². The third-order valence-corrected chi connectivity index (χ3v) is 5.43. The van der Waals surface area contributed by atoms with Crippen LogP contribution in [0.5, 0.6) is 0 Å². The van der Waals surface area contributed by atoms with Gasteiger partial charge in [0.05, 0.1) is 0 Å². The molecule has 0 bridgehead atoms. The lowest BCUT2D eigenvalue weighted by molar-refractivity contribution is 0.0704. The van der Waals surface area contributed by atoms with Crippen LogP contribution in [-0.2, 0) is 0 Å². The Kier molecular flexibility index (Phi) is 5.08. The summed E-state index contributed by atoms with van der Waals surface area (Å²) in [6.45, 7) is 9.96. The van der Waals surface area contributed by atoms with E-state index in [0.717, 1.165) is 29.8 Å². The van der Waals surface area contributed by atoms with Gasteiger partial charge >= 0.3 is 0 Å². The van der Waals surface area contributed by atoms with Crippen LogP contribution in [0, 0.1) is 17.8 Å². The molecule has 18 heavy (non-hydrogen) atoms. The average Bonchev–Trinajstić information content (AvgIpc) is 2.34. The first kappa shape index (κ1) is 14.3. The van der Waals surface area contributed by atoms with E-state index < -0.39 is 0 Å². The lowest BCUT2D eigenvalue weighted by Crippen LogP contribution is -2.50. The maximum atomic E-state index is 3.59. The first-order chi connectivity index (χ1) is 8.61. The second-order valence-corrected chi connectivity index (χ2v) is 6.95. The van der Waals surface area contributed by atoms with Crippen molar-refractivity contribution in [3.05, 3.63) is 0 Å². The SMILES string of the molecule is CNC1CC(C)CC(C)C1CN1CCCCC1C. The summed E-state index contributed by atoms with van der Waals surface area (Å²) in [5.74, 6) is 2.62. The standard InChI is InChI=1S/C16H32N2/c1-12-9-13(2)15(16(10-12)17-4)11-18-8-6-5-7-14(18)3/h12-17H,5-11H2,1-4H3. The van der Waals surface area contributed by atoms with Crippen molar-refractivity contribution in [2.45, 2.75) is 65.0 Å². The zero-order chi connectivity index (χ0) is 13.1. The van der Waals surface area contributed by atoms with Crippen molar-refractivity contribution >= 4 is 0 Å². The van der Waals surface area contributed by atoms with Gasteiger partial charge in [0.2, 0.25) is 0 Å². The molecule has 106 valence electrons. The minimum atomic E-state index is 0.734. The van der Waals surface area contributed by atoms with Crippen LogP contribution in [0.25, 0.3) is 0 Å². The molecule has 2 aliphatic rings. The fourth-order valence-electron chi connectivity index (χ4n) is 4.25. The Morgan fingerprint density at radius 2 is 1.89 bits per heavy atom. The maximum absolute atomic E-state index is 3.59. The molecule has 0 radical (unpaired) electrons. The highest BCUT2D eigenvalue weighted by molar-refractivity contribution is 4.90. The van der Waals surface area contributed by atoms with Gasteiger partial charge in [-0.1, -0.05) is 20.3 Å². The Hall–Kier alpha value is -0.0800. The molecule has 1 aliphatic carbocycles. The van der Waals surface area contributed by atoms with E-state index in [0.29, 0.717) is 0 Å². The number of piperidine rings is 1. The molecule has 1 saturated carbocycles. The zero-order valence-electron chi connectivity index (χ0n) is 12.8. The van der Waals surface area contributed by atoms with E-state index in [9.17, 15) is 0 Å². The van der Waals surface area contributed by atoms with Crippen LogP contribution in [-0.4, -0.2) is 37.1 Å². The Bertz CT molecular complexity index is 253. The monoisotopic (exact) mass is 252 g/mol. The van der Waals surface area contributed by atoms with Gasteiger partial charge in [-0.15, -0.1) is 0 Å². The molecule has 0 amide bonds. The first-order valence-electron chi connectivity index (χ1n) is 8.03. The highest BCUT2D eigenvalue weighted by Crippen LogP contribution is 2.35. The van der Waals surface area contributed by atoms with Gasteiger partial charge in [-0.05, 0) is 64.0 Å². The van der Waals surface area contributed by atoms with Gasteiger partial charge in [0.25, 0.3) is 0 Å². The third kappa shape index (κ3) is 3.27. The van der Waals surface area contributed by atoms with Crippen LogP contribution in [0.15, 0.2) is 0 Å². The second-order valence-electron chi connectivity index (χ2n) is 6.95. The van der Waals surface area contributed by atoms with Crippen LogP contribution in [0.1, 0.15) is 52.9 Å². The van der Waals surface area contributed by atoms with E-state index in [1.54, 1.807) is 0 Å². The fourth-order valence-corrected chi connectivity index (χ4v) is 4.25. The molecule has 0 aromatic rings. The van der Waals surface area contributed by atoms with Crippen molar-refractivity contribution in [3.63, 3.8) is 0 Å². The highest BCUT2D eigenvalue weighted by atomic mass is 15.2. The molecule has 1 aliphatic heterocycles. The number of likely N-dealkylation sites (tertiary alicyclic amines) is 1. The molecule has 1 N–H and O–H groups in total. The minimum Gasteiger partial charge on any atom is -0.317 e. The summed E-state index contributed by atoms with van der Waals surface area (Å²) in [6.07, 6.45) is 7.04. The topological polar surface area (TPSA) is 15.3 Å². The van der Waals surface area contributed by atoms with E-state index in [-0.39, 0.29) is 0 Å². The van der Waals surface area contributed by atoms with Crippen molar-refractivity contribution in [2.75, 3.05) is 20.1 Å². The molecular formula is C16H32N2. The normalized spacial score (nSPS) is 43.0. The lowest BCUT2D eigenvalue weighted by Gasteiger charge is -2.44. The Morgan fingerprint density at radius 3 is 2.56 bits per heavy atom. The van der Waals surface area contributed by atoms with Crippen molar-refractivity contribution < 1.29 is 0 Å². The summed E-state index contributed by atoms with van der Waals surface area (Å²) < 4.78 is 0. The van der Waals surface area contributed by atoms with Crippen molar-refractivity contribution in [1.82, 2.24) is 10.2 Å². The second kappa shape index (κ2) is 6.38. The van der Waals surface area contributed by atoms with Crippen molar-refractivity contribution in [2.24, 2.45) is 17.8 Å². The van der Waals surface area contributed by atoms with Gasteiger partial charge in [-0.2, -0.15) is 0 Å².